The smallest absolute Gasteiger partial charge is 0.270 e. The second-order valence-corrected chi connectivity index (χ2v) is 6.42. The highest BCUT2D eigenvalue weighted by Gasteiger charge is 2.19. The number of benzene rings is 2. The standard InChI is InChI=1S/C21H20N4O5/c1-29-20-5-3-2-4-18(20)23-21(26)16(14-22)12-15-13-17(25(27)28)6-7-19(15)24-8-10-30-11-9-24/h2-7,12-13H,8-11H2,1H3,(H,23,26)/b16-12+. The Bertz CT molecular complexity index is 1020. The van der Waals surface area contributed by atoms with Crippen LogP contribution in [-0.2, 0) is 9.53 Å². The van der Waals surface area contributed by atoms with Gasteiger partial charge in [-0.05, 0) is 24.3 Å². The monoisotopic (exact) mass is 408 g/mol. The number of nitro groups is 1. The molecule has 1 saturated heterocycles. The number of hydrogen-bond donors (Lipinski definition) is 1. The van der Waals surface area contributed by atoms with Crippen LogP contribution in [0.15, 0.2) is 48.0 Å². The lowest BCUT2D eigenvalue weighted by molar-refractivity contribution is -0.384. The van der Waals surface area contributed by atoms with Crippen LogP contribution in [0.4, 0.5) is 17.1 Å². The van der Waals surface area contributed by atoms with Crippen LogP contribution in [-0.4, -0.2) is 44.2 Å². The zero-order valence-corrected chi connectivity index (χ0v) is 16.3. The molecule has 154 valence electrons. The van der Waals surface area contributed by atoms with E-state index < -0.39 is 10.8 Å². The van der Waals surface area contributed by atoms with Gasteiger partial charge in [-0.3, -0.25) is 14.9 Å². The number of amides is 1. The first-order chi connectivity index (χ1) is 14.5. The SMILES string of the molecule is COc1ccccc1NC(=O)/C(C#N)=C/c1cc([N+](=O)[O-])ccc1N1CCOCC1. The fraction of sp³-hybridized carbons (Fsp3) is 0.238. The number of nitrogens with zero attached hydrogens (tertiary/aromatic N) is 3. The number of hydrogen-bond acceptors (Lipinski definition) is 7. The van der Waals surface area contributed by atoms with E-state index >= 15 is 0 Å². The van der Waals surface area contributed by atoms with Gasteiger partial charge in [-0.15, -0.1) is 0 Å². The Kier molecular flexibility index (Phi) is 6.62. The predicted molar refractivity (Wildman–Crippen MR) is 111 cm³/mol. The first-order valence-corrected chi connectivity index (χ1v) is 9.21. The van der Waals surface area contributed by atoms with E-state index in [4.69, 9.17) is 9.47 Å². The zero-order chi connectivity index (χ0) is 21.5. The van der Waals surface area contributed by atoms with Crippen LogP contribution in [0, 0.1) is 21.4 Å². The number of carbonyl (C=O) groups is 1. The summed E-state index contributed by atoms with van der Waals surface area (Å²) >= 11 is 0. The summed E-state index contributed by atoms with van der Waals surface area (Å²) < 4.78 is 10.6. The van der Waals surface area contributed by atoms with Crippen LogP contribution in [0.2, 0.25) is 0 Å². The number of nitriles is 1. The van der Waals surface area contributed by atoms with Crippen molar-refractivity contribution in [2.75, 3.05) is 43.6 Å². The maximum absolute atomic E-state index is 12.7. The molecule has 0 atom stereocenters. The molecule has 9 nitrogen and oxygen atoms in total. The number of nitro benzene ring substituents is 1. The molecule has 1 amide bonds. The summed E-state index contributed by atoms with van der Waals surface area (Å²) in [5.74, 6) is -0.186. The first-order valence-electron chi connectivity index (χ1n) is 9.21. The molecule has 1 aliphatic heterocycles. The van der Waals surface area contributed by atoms with Crippen LogP contribution in [0.1, 0.15) is 5.56 Å². The van der Waals surface area contributed by atoms with E-state index in [2.05, 4.69) is 5.32 Å². The Hall–Kier alpha value is -3.90. The highest BCUT2D eigenvalue weighted by atomic mass is 16.6. The molecule has 0 radical (unpaired) electrons. The Morgan fingerprint density at radius 1 is 1.30 bits per heavy atom. The van der Waals surface area contributed by atoms with Crippen LogP contribution in [0.3, 0.4) is 0 Å². The van der Waals surface area contributed by atoms with Crippen molar-refractivity contribution in [3.63, 3.8) is 0 Å². The number of carbonyl (C=O) groups excluding carboxylic acids is 1. The van der Waals surface area contributed by atoms with Crippen molar-refractivity contribution in [1.82, 2.24) is 0 Å². The van der Waals surface area contributed by atoms with Gasteiger partial charge in [0.25, 0.3) is 11.6 Å². The molecule has 0 aliphatic carbocycles. The van der Waals surface area contributed by atoms with Gasteiger partial charge in [0.2, 0.25) is 0 Å². The maximum atomic E-state index is 12.7. The zero-order valence-electron chi connectivity index (χ0n) is 16.3. The highest BCUT2D eigenvalue weighted by Crippen LogP contribution is 2.29. The quantitative estimate of drug-likeness (QED) is 0.338. The molecule has 1 heterocycles. The predicted octanol–water partition coefficient (Wildman–Crippen LogP) is 2.99. The van der Waals surface area contributed by atoms with E-state index in [0.29, 0.717) is 49.0 Å². The molecule has 30 heavy (non-hydrogen) atoms. The molecule has 0 saturated carbocycles. The maximum Gasteiger partial charge on any atom is 0.270 e. The number of ether oxygens (including phenoxy) is 2. The molecule has 1 fully saturated rings. The minimum Gasteiger partial charge on any atom is -0.495 e. The lowest BCUT2D eigenvalue weighted by atomic mass is 10.1. The van der Waals surface area contributed by atoms with Gasteiger partial charge in [0.05, 0.1) is 30.9 Å². The third-order valence-electron chi connectivity index (χ3n) is 4.59. The summed E-state index contributed by atoms with van der Waals surface area (Å²) in [4.78, 5) is 25.4. The Morgan fingerprint density at radius 2 is 2.03 bits per heavy atom. The van der Waals surface area contributed by atoms with E-state index in [1.54, 1.807) is 30.3 Å². The summed E-state index contributed by atoms with van der Waals surface area (Å²) in [6.07, 6.45) is 1.36. The summed E-state index contributed by atoms with van der Waals surface area (Å²) in [5, 5.41) is 23.4. The molecule has 1 N–H and O–H groups in total. The molecular weight excluding hydrogens is 388 g/mol. The molecule has 2 aromatic rings. The third-order valence-corrected chi connectivity index (χ3v) is 4.59. The van der Waals surface area contributed by atoms with Crippen molar-refractivity contribution < 1.29 is 19.2 Å². The van der Waals surface area contributed by atoms with Gasteiger partial charge in [0, 0.05) is 36.5 Å². The molecule has 2 aromatic carbocycles. The normalized spacial score (nSPS) is 14.0. The van der Waals surface area contributed by atoms with Crippen molar-refractivity contribution in [1.29, 1.82) is 5.26 Å². The molecule has 0 aromatic heterocycles. The van der Waals surface area contributed by atoms with Gasteiger partial charge in [-0.1, -0.05) is 12.1 Å². The van der Waals surface area contributed by atoms with Crippen molar-refractivity contribution in [2.45, 2.75) is 0 Å². The van der Waals surface area contributed by atoms with Gasteiger partial charge in [0.1, 0.15) is 17.4 Å². The van der Waals surface area contributed by atoms with Gasteiger partial charge >= 0.3 is 0 Å². The van der Waals surface area contributed by atoms with E-state index in [1.807, 2.05) is 11.0 Å². The molecule has 0 spiro atoms. The van der Waals surface area contributed by atoms with Crippen molar-refractivity contribution in [3.8, 4) is 11.8 Å². The average molecular weight is 408 g/mol. The number of rotatable bonds is 6. The van der Waals surface area contributed by atoms with Crippen LogP contribution < -0.4 is 15.0 Å². The fourth-order valence-corrected chi connectivity index (χ4v) is 3.10. The van der Waals surface area contributed by atoms with Gasteiger partial charge in [-0.25, -0.2) is 0 Å². The summed E-state index contributed by atoms with van der Waals surface area (Å²) in [6.45, 7) is 2.26. The van der Waals surface area contributed by atoms with Crippen molar-refractivity contribution in [2.24, 2.45) is 0 Å². The number of anilines is 2. The van der Waals surface area contributed by atoms with E-state index in [1.165, 1.54) is 25.3 Å². The minimum atomic E-state index is -0.638. The number of non-ortho nitro benzene ring substituents is 1. The van der Waals surface area contributed by atoms with E-state index in [0.717, 1.165) is 0 Å². The van der Waals surface area contributed by atoms with Crippen molar-refractivity contribution in [3.05, 3.63) is 63.7 Å². The van der Waals surface area contributed by atoms with Crippen LogP contribution >= 0.6 is 0 Å². The first kappa shape index (κ1) is 20.8. The van der Waals surface area contributed by atoms with Crippen LogP contribution in [0.5, 0.6) is 5.75 Å². The molecule has 3 rings (SSSR count). The van der Waals surface area contributed by atoms with E-state index in [9.17, 15) is 20.2 Å². The molecule has 0 bridgehead atoms. The molecule has 1 aliphatic rings. The summed E-state index contributed by atoms with van der Waals surface area (Å²) in [5.41, 5.74) is 1.22. The van der Waals surface area contributed by atoms with Gasteiger partial charge < -0.3 is 19.7 Å². The Balaban J connectivity index is 1.97. The largest absolute Gasteiger partial charge is 0.495 e. The Labute approximate surface area is 173 Å². The molecular formula is C21H20N4O5. The second kappa shape index (κ2) is 9.54. The fourth-order valence-electron chi connectivity index (χ4n) is 3.10. The summed E-state index contributed by atoms with van der Waals surface area (Å²) in [6, 6.07) is 13.1. The number of nitrogens with one attached hydrogen (secondary N) is 1. The average Bonchev–Trinajstić information content (AvgIpc) is 2.78. The van der Waals surface area contributed by atoms with E-state index in [-0.39, 0.29) is 11.3 Å². The molecule has 0 unspecified atom stereocenters. The van der Waals surface area contributed by atoms with Gasteiger partial charge in [-0.2, -0.15) is 5.26 Å². The topological polar surface area (TPSA) is 118 Å². The van der Waals surface area contributed by atoms with Gasteiger partial charge in [0.15, 0.2) is 0 Å². The van der Waals surface area contributed by atoms with Crippen molar-refractivity contribution >= 4 is 29.0 Å². The van der Waals surface area contributed by atoms with Crippen LogP contribution in [0.25, 0.3) is 6.08 Å². The second-order valence-electron chi connectivity index (χ2n) is 6.42. The lowest BCUT2D eigenvalue weighted by Gasteiger charge is -2.30. The third kappa shape index (κ3) is 4.74. The summed E-state index contributed by atoms with van der Waals surface area (Å²) in [7, 11) is 1.48. The lowest BCUT2D eigenvalue weighted by Crippen LogP contribution is -2.36. The number of para-hydroxylation sites is 2. The molecule has 9 heteroatoms. The number of morpholine rings is 1. The number of methoxy groups -OCH3 is 1. The Morgan fingerprint density at radius 3 is 2.70 bits per heavy atom. The highest BCUT2D eigenvalue weighted by molar-refractivity contribution is 6.10. The minimum absolute atomic E-state index is 0.124.